The Bertz CT molecular complexity index is 942. The van der Waals surface area contributed by atoms with Gasteiger partial charge in [0, 0.05) is 40.2 Å². The predicted molar refractivity (Wildman–Crippen MR) is 150 cm³/mol. The van der Waals surface area contributed by atoms with Crippen molar-refractivity contribution in [3.63, 3.8) is 0 Å². The van der Waals surface area contributed by atoms with Gasteiger partial charge in [-0.25, -0.2) is 0 Å². The third-order valence-corrected chi connectivity index (χ3v) is 6.09. The minimum Gasteiger partial charge on any atom is -0.347 e. The summed E-state index contributed by atoms with van der Waals surface area (Å²) in [6.07, 6.45) is 5.71. The fourth-order valence-corrected chi connectivity index (χ4v) is 3.73. The molecule has 0 saturated heterocycles. The van der Waals surface area contributed by atoms with Crippen LogP contribution in [0, 0.1) is 0 Å². The molecular weight excluding hydrogens is 484 g/mol. The molecule has 0 aliphatic carbocycles. The molecule has 38 heavy (non-hydrogen) atoms. The first-order valence-corrected chi connectivity index (χ1v) is 13.0. The Labute approximate surface area is 227 Å². The molecule has 4 amide bonds. The van der Waals surface area contributed by atoms with Crippen LogP contribution in [0.3, 0.4) is 0 Å². The number of carbonyl (C=O) groups excluding carboxylic acids is 4. The normalized spacial score (nSPS) is 13.1. The molecule has 0 fully saturated rings. The molecule has 0 bridgehead atoms. The number of nitrogens with one attached hydrogen (secondary N) is 1. The third kappa shape index (κ3) is 11.9. The van der Waals surface area contributed by atoms with E-state index in [9.17, 15) is 19.2 Å². The Hall–Kier alpha value is -3.24. The van der Waals surface area contributed by atoms with Crippen LogP contribution in [0.2, 0.25) is 0 Å². The lowest BCUT2D eigenvalue weighted by atomic mass is 10.0. The Balaban J connectivity index is 3.06. The van der Waals surface area contributed by atoms with E-state index >= 15 is 0 Å². The molecule has 1 aromatic carbocycles. The third-order valence-electron chi connectivity index (χ3n) is 6.09. The molecule has 212 valence electrons. The summed E-state index contributed by atoms with van der Waals surface area (Å²) < 4.78 is 0. The number of nitrogens with zero attached hydrogens (tertiary/aromatic N) is 3. The highest BCUT2D eigenvalue weighted by molar-refractivity contribution is 5.94. The molecule has 0 radical (unpaired) electrons. The molecule has 0 saturated carbocycles. The topological polar surface area (TPSA) is 142 Å². The minimum atomic E-state index is -0.881. The average Bonchev–Trinajstić information content (AvgIpc) is 2.85. The molecule has 0 aliphatic heterocycles. The van der Waals surface area contributed by atoms with Crippen molar-refractivity contribution in [1.29, 1.82) is 0 Å². The average molecular weight is 531 g/mol. The van der Waals surface area contributed by atoms with Gasteiger partial charge in [-0.05, 0) is 57.7 Å². The van der Waals surface area contributed by atoms with Gasteiger partial charge in [0.15, 0.2) is 0 Å². The Kier molecular flexibility index (Phi) is 13.7. The number of rotatable bonds is 15. The van der Waals surface area contributed by atoms with Crippen molar-refractivity contribution < 1.29 is 19.2 Å². The van der Waals surface area contributed by atoms with E-state index < -0.39 is 29.4 Å². The highest BCUT2D eigenvalue weighted by atomic mass is 16.2. The van der Waals surface area contributed by atoms with Crippen molar-refractivity contribution in [2.75, 3.05) is 41.3 Å². The van der Waals surface area contributed by atoms with E-state index in [-0.39, 0.29) is 24.8 Å². The summed E-state index contributed by atoms with van der Waals surface area (Å²) in [6, 6.07) is 7.73. The minimum absolute atomic E-state index is 0.208. The molecule has 2 atom stereocenters. The summed E-state index contributed by atoms with van der Waals surface area (Å²) in [7, 11) is 6.34. The summed E-state index contributed by atoms with van der Waals surface area (Å²) in [5, 5.41) is 2.86. The maximum absolute atomic E-state index is 13.5. The molecule has 0 aromatic heterocycles. The summed E-state index contributed by atoms with van der Waals surface area (Å²) in [4.78, 5) is 56.0. The highest BCUT2D eigenvalue weighted by Gasteiger charge is 2.31. The van der Waals surface area contributed by atoms with Gasteiger partial charge in [0.1, 0.15) is 12.1 Å². The van der Waals surface area contributed by atoms with Crippen LogP contribution < -0.4 is 16.8 Å². The van der Waals surface area contributed by atoms with E-state index in [0.29, 0.717) is 25.8 Å². The van der Waals surface area contributed by atoms with Crippen molar-refractivity contribution >= 4 is 23.6 Å². The number of likely N-dealkylation sites (N-methyl/N-ethyl adjacent to an activating group) is 3. The van der Waals surface area contributed by atoms with E-state index in [1.54, 1.807) is 20.2 Å². The van der Waals surface area contributed by atoms with Crippen LogP contribution in [0.25, 0.3) is 0 Å². The zero-order valence-corrected chi connectivity index (χ0v) is 23.8. The molecule has 1 aromatic rings. The maximum Gasteiger partial charge on any atom is 0.246 e. The number of benzene rings is 1. The second-order valence-corrected chi connectivity index (χ2v) is 10.6. The molecular formula is C28H46N6O4. The van der Waals surface area contributed by atoms with Gasteiger partial charge in [-0.15, -0.1) is 0 Å². The predicted octanol–water partition coefficient (Wildman–Crippen LogP) is 0.900. The van der Waals surface area contributed by atoms with Crippen molar-refractivity contribution in [2.24, 2.45) is 11.5 Å². The summed E-state index contributed by atoms with van der Waals surface area (Å²) in [5.74, 6) is -1.39. The van der Waals surface area contributed by atoms with Gasteiger partial charge in [-0.3, -0.25) is 19.2 Å². The molecule has 2 unspecified atom stereocenters. The molecule has 1 rings (SSSR count). The number of nitrogens with two attached hydrogens (primary N) is 2. The van der Waals surface area contributed by atoms with Crippen molar-refractivity contribution in [3.05, 3.63) is 48.0 Å². The van der Waals surface area contributed by atoms with E-state index in [0.717, 1.165) is 12.0 Å². The Morgan fingerprint density at radius 2 is 1.66 bits per heavy atom. The van der Waals surface area contributed by atoms with Crippen molar-refractivity contribution in [1.82, 2.24) is 20.0 Å². The van der Waals surface area contributed by atoms with Crippen LogP contribution in [0.5, 0.6) is 0 Å². The lowest BCUT2D eigenvalue weighted by Gasteiger charge is -2.31. The van der Waals surface area contributed by atoms with Gasteiger partial charge in [0.2, 0.25) is 23.6 Å². The fraction of sp³-hybridized carbons (Fsp3) is 0.571. The van der Waals surface area contributed by atoms with Gasteiger partial charge in [-0.1, -0.05) is 36.4 Å². The summed E-state index contributed by atoms with van der Waals surface area (Å²) in [5.41, 5.74) is 12.0. The lowest BCUT2D eigenvalue weighted by molar-refractivity contribution is -0.143. The van der Waals surface area contributed by atoms with E-state index in [1.165, 1.54) is 34.9 Å². The SMILES string of the molecule is CN(C)C(=O)C(CCCCN)NC(=O)C(Cc1ccccc1)N(C)C(=O)CN(C)C(=O)/C=C/CC(C)(C)N. The second-order valence-electron chi connectivity index (χ2n) is 10.6. The zero-order valence-electron chi connectivity index (χ0n) is 23.8. The number of carbonyl (C=O) groups is 4. The monoisotopic (exact) mass is 530 g/mol. The van der Waals surface area contributed by atoms with Gasteiger partial charge in [0.25, 0.3) is 0 Å². The first-order chi connectivity index (χ1) is 17.8. The smallest absolute Gasteiger partial charge is 0.246 e. The quantitative estimate of drug-likeness (QED) is 0.227. The number of unbranched alkanes of at least 4 members (excludes halogenated alkanes) is 1. The van der Waals surface area contributed by atoms with Gasteiger partial charge >= 0.3 is 0 Å². The molecule has 5 N–H and O–H groups in total. The second kappa shape index (κ2) is 15.9. The Morgan fingerprint density at radius 1 is 1.03 bits per heavy atom. The van der Waals surface area contributed by atoms with Gasteiger partial charge in [-0.2, -0.15) is 0 Å². The molecule has 0 spiro atoms. The van der Waals surface area contributed by atoms with Crippen LogP contribution in [-0.2, 0) is 25.6 Å². The molecule has 0 heterocycles. The lowest BCUT2D eigenvalue weighted by Crippen LogP contribution is -2.55. The van der Waals surface area contributed by atoms with Crippen LogP contribution in [0.15, 0.2) is 42.5 Å². The largest absolute Gasteiger partial charge is 0.347 e. The summed E-state index contributed by atoms with van der Waals surface area (Å²) in [6.45, 7) is 4.00. The molecule has 10 nitrogen and oxygen atoms in total. The van der Waals surface area contributed by atoms with Crippen LogP contribution >= 0.6 is 0 Å². The highest BCUT2D eigenvalue weighted by Crippen LogP contribution is 2.12. The van der Waals surface area contributed by atoms with E-state index in [4.69, 9.17) is 11.5 Å². The summed E-state index contributed by atoms with van der Waals surface area (Å²) >= 11 is 0. The number of hydrogen-bond acceptors (Lipinski definition) is 6. The molecule has 10 heteroatoms. The van der Waals surface area contributed by atoms with Crippen LogP contribution in [0.1, 0.15) is 45.1 Å². The first-order valence-electron chi connectivity index (χ1n) is 13.0. The van der Waals surface area contributed by atoms with Crippen LogP contribution in [0.4, 0.5) is 0 Å². The first kappa shape index (κ1) is 32.8. The molecule has 0 aliphatic rings. The fourth-order valence-electron chi connectivity index (χ4n) is 3.73. The van der Waals surface area contributed by atoms with Gasteiger partial charge in [0.05, 0.1) is 6.54 Å². The maximum atomic E-state index is 13.5. The number of amides is 4. The Morgan fingerprint density at radius 3 is 2.21 bits per heavy atom. The number of hydrogen-bond donors (Lipinski definition) is 3. The zero-order chi connectivity index (χ0) is 28.9. The van der Waals surface area contributed by atoms with E-state index in [2.05, 4.69) is 5.32 Å². The van der Waals surface area contributed by atoms with E-state index in [1.807, 2.05) is 44.2 Å². The van der Waals surface area contributed by atoms with Crippen molar-refractivity contribution in [3.8, 4) is 0 Å². The standard InChI is InChI=1S/C28H46N6O4/c1-28(2,30)17-12-16-24(35)33(5)20-25(36)34(6)23(19-21-13-8-7-9-14-21)26(37)31-22(15-10-11-18-29)27(38)32(3)4/h7-9,12-14,16,22-23H,10-11,15,17-20,29-30H2,1-6H3,(H,31,37)/b16-12+. The van der Waals surface area contributed by atoms with Crippen LogP contribution in [-0.4, -0.2) is 97.2 Å². The van der Waals surface area contributed by atoms with Crippen molar-refractivity contribution in [2.45, 2.75) is 63.6 Å². The van der Waals surface area contributed by atoms with Gasteiger partial charge < -0.3 is 31.5 Å².